The summed E-state index contributed by atoms with van der Waals surface area (Å²) in [6, 6.07) is 3.82. The van der Waals surface area contributed by atoms with Crippen LogP contribution in [0, 0.1) is 12.7 Å². The first kappa shape index (κ1) is 18.0. The number of aryl methyl sites for hydroxylation is 1. The Bertz CT molecular complexity index is 469. The highest BCUT2D eigenvalue weighted by molar-refractivity contribution is 5.58. The third-order valence-electron chi connectivity index (χ3n) is 4.61. The molecule has 0 saturated carbocycles. The van der Waals surface area contributed by atoms with Crippen LogP contribution in [0.3, 0.4) is 0 Å². The van der Waals surface area contributed by atoms with Gasteiger partial charge in [-0.1, -0.05) is 13.8 Å². The van der Waals surface area contributed by atoms with Gasteiger partial charge in [0.05, 0.1) is 0 Å². The lowest BCUT2D eigenvalue weighted by Gasteiger charge is -2.39. The fourth-order valence-corrected chi connectivity index (χ4v) is 2.35. The largest absolute Gasteiger partial charge is 0.369 e. The van der Waals surface area contributed by atoms with Crippen LogP contribution in [0.25, 0.3) is 0 Å². The van der Waals surface area contributed by atoms with Gasteiger partial charge in [-0.3, -0.25) is 0 Å². The number of hydrogen-bond donors (Lipinski definition) is 1. The monoisotopic (exact) mass is 294 g/mol. The van der Waals surface area contributed by atoms with Crippen LogP contribution in [0.4, 0.5) is 10.1 Å². The molecule has 3 heteroatoms. The topological polar surface area (TPSA) is 15.3 Å². The van der Waals surface area contributed by atoms with E-state index in [2.05, 4.69) is 51.9 Å². The molecule has 0 bridgehead atoms. The van der Waals surface area contributed by atoms with Gasteiger partial charge in [-0.05, 0) is 70.3 Å². The first-order valence-electron chi connectivity index (χ1n) is 8.01. The molecule has 0 aliphatic rings. The SMILES string of the molecule is CCCNC(C)c1cc(F)c(C)cc1N(C)C(C)(C)CC. The fourth-order valence-electron chi connectivity index (χ4n) is 2.35. The van der Waals surface area contributed by atoms with Crippen LogP contribution in [-0.4, -0.2) is 19.1 Å². The summed E-state index contributed by atoms with van der Waals surface area (Å²) in [6.45, 7) is 13.7. The van der Waals surface area contributed by atoms with E-state index in [-0.39, 0.29) is 17.4 Å². The van der Waals surface area contributed by atoms with Crippen molar-refractivity contribution in [2.75, 3.05) is 18.5 Å². The number of nitrogens with one attached hydrogen (secondary N) is 1. The van der Waals surface area contributed by atoms with E-state index in [1.807, 2.05) is 13.0 Å². The third-order valence-corrected chi connectivity index (χ3v) is 4.61. The van der Waals surface area contributed by atoms with E-state index in [1.165, 1.54) is 0 Å². The fraction of sp³-hybridized carbons (Fsp3) is 0.667. The number of benzene rings is 1. The van der Waals surface area contributed by atoms with Gasteiger partial charge in [-0.15, -0.1) is 0 Å². The van der Waals surface area contributed by atoms with Gasteiger partial charge >= 0.3 is 0 Å². The van der Waals surface area contributed by atoms with E-state index in [0.717, 1.165) is 30.6 Å². The van der Waals surface area contributed by atoms with Gasteiger partial charge in [-0.2, -0.15) is 0 Å². The van der Waals surface area contributed by atoms with Gasteiger partial charge in [0.2, 0.25) is 0 Å². The maximum Gasteiger partial charge on any atom is 0.126 e. The highest BCUT2D eigenvalue weighted by atomic mass is 19.1. The molecule has 1 aromatic rings. The lowest BCUT2D eigenvalue weighted by Crippen LogP contribution is -2.41. The van der Waals surface area contributed by atoms with Crippen molar-refractivity contribution in [3.63, 3.8) is 0 Å². The summed E-state index contributed by atoms with van der Waals surface area (Å²) >= 11 is 0. The van der Waals surface area contributed by atoms with Crippen molar-refractivity contribution < 1.29 is 4.39 Å². The predicted molar refractivity (Wildman–Crippen MR) is 90.6 cm³/mol. The van der Waals surface area contributed by atoms with E-state index >= 15 is 0 Å². The molecule has 1 N–H and O–H groups in total. The zero-order valence-corrected chi connectivity index (χ0v) is 14.7. The Hall–Kier alpha value is -1.09. The van der Waals surface area contributed by atoms with Gasteiger partial charge < -0.3 is 10.2 Å². The normalized spacial score (nSPS) is 13.3. The van der Waals surface area contributed by atoms with Gasteiger partial charge in [0.25, 0.3) is 0 Å². The minimum atomic E-state index is -0.124. The molecule has 2 nitrogen and oxygen atoms in total. The number of hydrogen-bond acceptors (Lipinski definition) is 2. The molecule has 1 unspecified atom stereocenters. The van der Waals surface area contributed by atoms with Crippen molar-refractivity contribution in [2.45, 2.75) is 66.0 Å². The summed E-state index contributed by atoms with van der Waals surface area (Å²) in [7, 11) is 2.10. The maximum absolute atomic E-state index is 14.0. The van der Waals surface area contributed by atoms with Gasteiger partial charge in [0.15, 0.2) is 0 Å². The molecule has 1 rings (SSSR count). The van der Waals surface area contributed by atoms with Crippen molar-refractivity contribution in [2.24, 2.45) is 0 Å². The van der Waals surface area contributed by atoms with Crippen LogP contribution < -0.4 is 10.2 Å². The summed E-state index contributed by atoms with van der Waals surface area (Å²) in [5, 5.41) is 3.47. The summed E-state index contributed by atoms with van der Waals surface area (Å²) in [5.41, 5.74) is 2.91. The van der Waals surface area contributed by atoms with Gasteiger partial charge in [-0.25, -0.2) is 4.39 Å². The summed E-state index contributed by atoms with van der Waals surface area (Å²) in [4.78, 5) is 2.28. The van der Waals surface area contributed by atoms with Crippen LogP contribution in [0.2, 0.25) is 0 Å². The number of rotatable bonds is 7. The van der Waals surface area contributed by atoms with Crippen LogP contribution >= 0.6 is 0 Å². The Morgan fingerprint density at radius 3 is 2.43 bits per heavy atom. The average Bonchev–Trinajstić information content (AvgIpc) is 2.46. The Kier molecular flexibility index (Phi) is 6.21. The summed E-state index contributed by atoms with van der Waals surface area (Å²) < 4.78 is 14.0. The molecule has 1 atom stereocenters. The van der Waals surface area contributed by atoms with Crippen molar-refractivity contribution in [1.82, 2.24) is 5.32 Å². The molecule has 21 heavy (non-hydrogen) atoms. The Morgan fingerprint density at radius 1 is 1.29 bits per heavy atom. The molecule has 0 fully saturated rings. The molecule has 0 aromatic heterocycles. The van der Waals surface area contributed by atoms with Gasteiger partial charge in [0.1, 0.15) is 5.82 Å². The first-order chi connectivity index (χ1) is 9.74. The standard InChI is InChI=1S/C18H31FN2/c1-8-10-20-14(4)15-12-16(19)13(3)11-17(15)21(7)18(5,6)9-2/h11-12,14,20H,8-10H2,1-7H3. The van der Waals surface area contributed by atoms with Crippen LogP contribution in [0.5, 0.6) is 0 Å². The Labute approximate surface area is 129 Å². The second-order valence-electron chi connectivity index (χ2n) is 6.56. The number of halogens is 1. The van der Waals surface area contributed by atoms with E-state index in [4.69, 9.17) is 0 Å². The third kappa shape index (κ3) is 4.19. The van der Waals surface area contributed by atoms with E-state index in [9.17, 15) is 4.39 Å². The van der Waals surface area contributed by atoms with Crippen LogP contribution in [0.15, 0.2) is 12.1 Å². The lowest BCUT2D eigenvalue weighted by atomic mass is 9.95. The predicted octanol–water partition coefficient (Wildman–Crippen LogP) is 4.82. The molecule has 0 heterocycles. The molecule has 120 valence electrons. The number of anilines is 1. The molecule has 0 radical (unpaired) electrons. The molecule has 0 amide bonds. The van der Waals surface area contributed by atoms with Crippen LogP contribution in [0.1, 0.15) is 64.6 Å². The average molecular weight is 294 g/mol. The van der Waals surface area contributed by atoms with Gasteiger partial charge in [0, 0.05) is 24.3 Å². The molecule has 1 aromatic carbocycles. The highest BCUT2D eigenvalue weighted by Crippen LogP contribution is 2.33. The molecule has 0 saturated heterocycles. The summed E-state index contributed by atoms with van der Waals surface area (Å²) in [6.07, 6.45) is 2.11. The molecule has 0 spiro atoms. The smallest absolute Gasteiger partial charge is 0.126 e. The lowest BCUT2D eigenvalue weighted by molar-refractivity contribution is 0.465. The van der Waals surface area contributed by atoms with E-state index < -0.39 is 0 Å². The van der Waals surface area contributed by atoms with Crippen molar-refractivity contribution in [3.05, 3.63) is 29.1 Å². The molecular formula is C18H31FN2. The van der Waals surface area contributed by atoms with E-state index in [0.29, 0.717) is 5.56 Å². The molecular weight excluding hydrogens is 263 g/mol. The maximum atomic E-state index is 14.0. The number of nitrogens with zero attached hydrogens (tertiary/aromatic N) is 1. The van der Waals surface area contributed by atoms with Crippen molar-refractivity contribution >= 4 is 5.69 Å². The highest BCUT2D eigenvalue weighted by Gasteiger charge is 2.25. The Morgan fingerprint density at radius 2 is 1.90 bits per heavy atom. The zero-order chi connectivity index (χ0) is 16.2. The minimum absolute atomic E-state index is 0.0451. The minimum Gasteiger partial charge on any atom is -0.369 e. The molecule has 0 aliphatic carbocycles. The zero-order valence-electron chi connectivity index (χ0n) is 14.7. The quantitative estimate of drug-likeness (QED) is 0.775. The molecule has 0 aliphatic heterocycles. The summed E-state index contributed by atoms with van der Waals surface area (Å²) in [5.74, 6) is -0.124. The second kappa shape index (κ2) is 7.26. The van der Waals surface area contributed by atoms with Crippen LogP contribution in [-0.2, 0) is 0 Å². The second-order valence-corrected chi connectivity index (χ2v) is 6.56. The van der Waals surface area contributed by atoms with Crippen molar-refractivity contribution in [3.8, 4) is 0 Å². The Balaban J connectivity index is 3.26. The van der Waals surface area contributed by atoms with E-state index in [1.54, 1.807) is 6.07 Å². The van der Waals surface area contributed by atoms with Crippen molar-refractivity contribution in [1.29, 1.82) is 0 Å². The first-order valence-corrected chi connectivity index (χ1v) is 8.01.